The summed E-state index contributed by atoms with van der Waals surface area (Å²) in [6, 6.07) is 1.07. The van der Waals surface area contributed by atoms with Gasteiger partial charge in [-0.15, -0.1) is 0 Å². The Balaban J connectivity index is 1.35. The fraction of sp³-hybridized carbons (Fsp3) is 0.679. The van der Waals surface area contributed by atoms with Crippen molar-refractivity contribution in [1.82, 2.24) is 19.6 Å². The summed E-state index contributed by atoms with van der Waals surface area (Å²) in [4.78, 5) is 31.3. The lowest BCUT2D eigenvalue weighted by atomic mass is 9.89. The lowest BCUT2D eigenvalue weighted by Crippen LogP contribution is -2.46. The predicted molar refractivity (Wildman–Crippen MR) is 137 cm³/mol. The molecular formula is C28H40N4O4. The molecule has 8 nitrogen and oxygen atoms in total. The van der Waals surface area contributed by atoms with E-state index in [1.165, 1.54) is 10.3 Å². The fourth-order valence-electron chi connectivity index (χ4n) is 6.11. The summed E-state index contributed by atoms with van der Waals surface area (Å²) in [7, 11) is 1.75. The number of fused-ring (bicyclic) bond motifs is 2. The minimum Gasteiger partial charge on any atom is -0.442 e. The molecular weight excluding hydrogens is 456 g/mol. The Bertz CT molecular complexity index is 1080. The van der Waals surface area contributed by atoms with Crippen LogP contribution >= 0.6 is 0 Å². The van der Waals surface area contributed by atoms with Crippen LogP contribution in [0.15, 0.2) is 29.5 Å². The van der Waals surface area contributed by atoms with Crippen molar-refractivity contribution in [2.45, 2.75) is 102 Å². The molecule has 0 aromatic carbocycles. The van der Waals surface area contributed by atoms with Gasteiger partial charge in [0.1, 0.15) is 5.60 Å². The first-order valence-electron chi connectivity index (χ1n) is 13.4. The molecule has 4 aliphatic rings. The summed E-state index contributed by atoms with van der Waals surface area (Å²) in [5.74, 6) is 0.183. The monoisotopic (exact) mass is 496 g/mol. The van der Waals surface area contributed by atoms with Crippen molar-refractivity contribution in [3.8, 4) is 0 Å². The standard InChI is InChI=1S/C28H40N4O4/c1-18(17-35-5)30-14-13-22-23(7-6-8-25(22)30)26(33)32(20-9-10-20)21-11-12-24-19(15-21)16-31(29-24)27(34)36-28(2,3)4/h6-7,16,18,20-21,25H,8-15,17H2,1-5H3. The lowest BCUT2D eigenvalue weighted by Gasteiger charge is -2.36. The van der Waals surface area contributed by atoms with Crippen LogP contribution < -0.4 is 0 Å². The third kappa shape index (κ3) is 5.02. The Labute approximate surface area is 214 Å². The van der Waals surface area contributed by atoms with Crippen LogP contribution in [0.2, 0.25) is 0 Å². The number of methoxy groups -OCH3 is 1. The number of rotatable bonds is 6. The Morgan fingerprint density at radius 1 is 1.19 bits per heavy atom. The van der Waals surface area contributed by atoms with E-state index in [0.717, 1.165) is 68.3 Å². The topological polar surface area (TPSA) is 76.9 Å². The molecule has 5 rings (SSSR count). The number of amides is 1. The van der Waals surface area contributed by atoms with Gasteiger partial charge in [0, 0.05) is 49.6 Å². The Hall–Kier alpha value is -2.45. The van der Waals surface area contributed by atoms with Gasteiger partial charge in [0.15, 0.2) is 0 Å². The van der Waals surface area contributed by atoms with Crippen molar-refractivity contribution >= 4 is 12.0 Å². The van der Waals surface area contributed by atoms with E-state index in [4.69, 9.17) is 9.47 Å². The van der Waals surface area contributed by atoms with E-state index in [1.54, 1.807) is 13.3 Å². The number of carbonyl (C=O) groups excluding carboxylic acids is 2. The Morgan fingerprint density at radius 3 is 2.67 bits per heavy atom. The average molecular weight is 497 g/mol. The van der Waals surface area contributed by atoms with E-state index >= 15 is 0 Å². The zero-order valence-corrected chi connectivity index (χ0v) is 22.3. The molecule has 0 N–H and O–H groups in total. The molecule has 1 aliphatic heterocycles. The Morgan fingerprint density at radius 2 is 1.97 bits per heavy atom. The van der Waals surface area contributed by atoms with Gasteiger partial charge in [0.2, 0.25) is 0 Å². The number of ether oxygens (including phenoxy) is 2. The second-order valence-corrected chi connectivity index (χ2v) is 11.8. The molecule has 3 aliphatic carbocycles. The molecule has 1 amide bonds. The van der Waals surface area contributed by atoms with Crippen LogP contribution in [-0.4, -0.2) is 81.6 Å². The SMILES string of the molecule is COCC(C)N1CCC2=C(C(=O)N(C3CC3)C3CCc4nn(C(=O)OC(C)(C)C)cc4C3)C=CCC21. The van der Waals surface area contributed by atoms with Crippen molar-refractivity contribution in [2.24, 2.45) is 0 Å². The molecule has 3 unspecified atom stereocenters. The van der Waals surface area contributed by atoms with E-state index in [-0.39, 0.29) is 11.9 Å². The van der Waals surface area contributed by atoms with Gasteiger partial charge in [-0.2, -0.15) is 9.78 Å². The molecule has 1 saturated carbocycles. The van der Waals surface area contributed by atoms with Crippen molar-refractivity contribution in [1.29, 1.82) is 0 Å². The molecule has 0 bridgehead atoms. The number of carbonyl (C=O) groups is 2. The largest absolute Gasteiger partial charge is 0.442 e. The van der Waals surface area contributed by atoms with Gasteiger partial charge < -0.3 is 14.4 Å². The number of hydrogen-bond acceptors (Lipinski definition) is 6. The number of likely N-dealkylation sites (tertiary alicyclic amines) is 1. The third-order valence-electron chi connectivity index (χ3n) is 7.83. The zero-order chi connectivity index (χ0) is 25.6. The number of aryl methyl sites for hydroxylation is 1. The third-order valence-corrected chi connectivity index (χ3v) is 7.83. The van der Waals surface area contributed by atoms with Crippen LogP contribution in [0.4, 0.5) is 4.79 Å². The van der Waals surface area contributed by atoms with Crippen molar-refractivity contribution in [3.05, 3.63) is 40.8 Å². The summed E-state index contributed by atoms with van der Waals surface area (Å²) in [6.45, 7) is 9.44. The van der Waals surface area contributed by atoms with Crippen LogP contribution in [0.25, 0.3) is 0 Å². The highest BCUT2D eigenvalue weighted by molar-refractivity contribution is 5.98. The summed E-state index contributed by atoms with van der Waals surface area (Å²) in [5, 5.41) is 4.51. The second-order valence-electron chi connectivity index (χ2n) is 11.8. The van der Waals surface area contributed by atoms with Gasteiger partial charge in [-0.25, -0.2) is 4.79 Å². The normalized spacial score (nSPS) is 24.9. The predicted octanol–water partition coefficient (Wildman–Crippen LogP) is 3.88. The van der Waals surface area contributed by atoms with Gasteiger partial charge in [-0.1, -0.05) is 12.2 Å². The fourth-order valence-corrected chi connectivity index (χ4v) is 6.11. The highest BCUT2D eigenvalue weighted by Gasteiger charge is 2.43. The van der Waals surface area contributed by atoms with Gasteiger partial charge in [0.05, 0.1) is 12.3 Å². The van der Waals surface area contributed by atoms with Gasteiger partial charge in [-0.3, -0.25) is 9.69 Å². The van der Waals surface area contributed by atoms with Crippen LogP contribution in [0.5, 0.6) is 0 Å². The molecule has 1 aromatic rings. The molecule has 2 fully saturated rings. The molecule has 196 valence electrons. The van der Waals surface area contributed by atoms with Crippen LogP contribution in [0.1, 0.15) is 71.1 Å². The number of hydrogen-bond donors (Lipinski definition) is 0. The lowest BCUT2D eigenvalue weighted by molar-refractivity contribution is -0.130. The maximum atomic E-state index is 14.1. The van der Waals surface area contributed by atoms with Crippen molar-refractivity contribution in [3.63, 3.8) is 0 Å². The summed E-state index contributed by atoms with van der Waals surface area (Å²) < 4.78 is 12.2. The summed E-state index contributed by atoms with van der Waals surface area (Å²) >= 11 is 0. The van der Waals surface area contributed by atoms with Crippen molar-refractivity contribution < 1.29 is 19.1 Å². The zero-order valence-electron chi connectivity index (χ0n) is 22.3. The minimum absolute atomic E-state index is 0.126. The first-order valence-corrected chi connectivity index (χ1v) is 13.4. The summed E-state index contributed by atoms with van der Waals surface area (Å²) in [6.07, 6.45) is 12.0. The molecule has 36 heavy (non-hydrogen) atoms. The van der Waals surface area contributed by atoms with E-state index < -0.39 is 11.7 Å². The first-order chi connectivity index (χ1) is 17.2. The van der Waals surface area contributed by atoms with Crippen LogP contribution in [0, 0.1) is 0 Å². The maximum absolute atomic E-state index is 14.1. The Kier molecular flexibility index (Phi) is 6.85. The van der Waals surface area contributed by atoms with E-state index in [9.17, 15) is 9.59 Å². The second kappa shape index (κ2) is 9.78. The molecule has 0 spiro atoms. The van der Waals surface area contributed by atoms with Gasteiger partial charge >= 0.3 is 6.09 Å². The molecule has 2 heterocycles. The van der Waals surface area contributed by atoms with E-state index in [1.807, 2.05) is 20.8 Å². The highest BCUT2D eigenvalue weighted by Crippen LogP contribution is 2.39. The number of nitrogens with zero attached hydrogens (tertiary/aromatic N) is 4. The van der Waals surface area contributed by atoms with Crippen molar-refractivity contribution in [2.75, 3.05) is 20.3 Å². The minimum atomic E-state index is -0.571. The quantitative estimate of drug-likeness (QED) is 0.595. The highest BCUT2D eigenvalue weighted by atomic mass is 16.6. The average Bonchev–Trinajstić information content (AvgIpc) is 3.39. The first kappa shape index (κ1) is 25.2. The molecule has 8 heteroatoms. The summed E-state index contributed by atoms with van der Waals surface area (Å²) in [5.41, 5.74) is 3.62. The van der Waals surface area contributed by atoms with Gasteiger partial charge in [0.25, 0.3) is 5.91 Å². The number of aromatic nitrogens is 2. The molecule has 0 radical (unpaired) electrons. The van der Waals surface area contributed by atoms with Gasteiger partial charge in [-0.05, 0) is 83.8 Å². The van der Waals surface area contributed by atoms with E-state index in [0.29, 0.717) is 24.7 Å². The molecule has 1 aromatic heterocycles. The molecule has 1 saturated heterocycles. The van der Waals surface area contributed by atoms with Crippen LogP contribution in [0.3, 0.4) is 0 Å². The van der Waals surface area contributed by atoms with E-state index in [2.05, 4.69) is 34.0 Å². The smallest absolute Gasteiger partial charge is 0.435 e. The molecule has 3 atom stereocenters. The maximum Gasteiger partial charge on any atom is 0.435 e. The van der Waals surface area contributed by atoms with Crippen LogP contribution in [-0.2, 0) is 27.1 Å².